The molecule has 0 spiro atoms. The fourth-order valence-corrected chi connectivity index (χ4v) is 1.85. The van der Waals surface area contributed by atoms with Crippen molar-refractivity contribution in [1.82, 2.24) is 10.2 Å². The number of halogens is 1. The number of amides is 1. The van der Waals surface area contributed by atoms with Crippen LogP contribution in [0.25, 0.3) is 0 Å². The highest BCUT2D eigenvalue weighted by Crippen LogP contribution is 2.09. The minimum atomic E-state index is -0.115. The number of rotatable bonds is 4. The van der Waals surface area contributed by atoms with E-state index < -0.39 is 0 Å². The molecule has 0 bridgehead atoms. The average Bonchev–Trinajstić information content (AvgIpc) is 2.29. The number of nitrogens with one attached hydrogen (secondary N) is 1. The predicted molar refractivity (Wildman–Crippen MR) is 62.9 cm³/mol. The molecule has 4 heteroatoms. The molecule has 1 rings (SSSR count). The third-order valence-electron chi connectivity index (χ3n) is 2.67. The molecule has 3 nitrogen and oxygen atoms in total. The lowest BCUT2D eigenvalue weighted by molar-refractivity contribution is -0.133. The largest absolute Gasteiger partial charge is 0.341 e. The lowest BCUT2D eigenvalue weighted by Crippen LogP contribution is -2.46. The number of hydrogen-bond donors (Lipinski definition) is 1. The summed E-state index contributed by atoms with van der Waals surface area (Å²) in [5, 5.41) is 3.12. The molecule has 1 fully saturated rings. The first-order valence-electron chi connectivity index (χ1n) is 5.53. The van der Waals surface area contributed by atoms with Crippen molar-refractivity contribution in [2.45, 2.75) is 32.2 Å². The molecular weight excluding hydrogens is 212 g/mol. The van der Waals surface area contributed by atoms with Gasteiger partial charge in [0, 0.05) is 25.2 Å². The number of nitrogens with zero attached hydrogens (tertiary/aromatic N) is 1. The number of carbonyl (C=O) groups is 1. The summed E-state index contributed by atoms with van der Waals surface area (Å²) in [6, 6.07) is -0.115. The average molecular weight is 231 g/mol. The first kappa shape index (κ1) is 12.5. The van der Waals surface area contributed by atoms with Crippen molar-refractivity contribution in [1.29, 1.82) is 0 Å². The fourth-order valence-electron chi connectivity index (χ4n) is 1.76. The van der Waals surface area contributed by atoms with Gasteiger partial charge in [-0.1, -0.05) is 17.7 Å². The topological polar surface area (TPSA) is 32.3 Å². The molecule has 0 aliphatic carbocycles. The Morgan fingerprint density at radius 2 is 2.13 bits per heavy atom. The number of likely N-dealkylation sites (tertiary alicyclic amines) is 1. The summed E-state index contributed by atoms with van der Waals surface area (Å²) < 4.78 is 0. The Labute approximate surface area is 96.5 Å². The highest BCUT2D eigenvalue weighted by molar-refractivity contribution is 6.25. The second-order valence-electron chi connectivity index (χ2n) is 3.88. The van der Waals surface area contributed by atoms with Gasteiger partial charge in [0.25, 0.3) is 0 Å². The highest BCUT2D eigenvalue weighted by Gasteiger charge is 2.20. The SMILES string of the molecule is CC(NC/C=C/Cl)C(=O)N1CCCCC1. The van der Waals surface area contributed by atoms with E-state index >= 15 is 0 Å². The van der Waals surface area contributed by atoms with Crippen molar-refractivity contribution in [3.05, 3.63) is 11.6 Å². The van der Waals surface area contributed by atoms with Crippen molar-refractivity contribution in [2.75, 3.05) is 19.6 Å². The van der Waals surface area contributed by atoms with E-state index in [1.807, 2.05) is 11.8 Å². The third-order valence-corrected chi connectivity index (χ3v) is 2.85. The van der Waals surface area contributed by atoms with Crippen LogP contribution in [0.1, 0.15) is 26.2 Å². The van der Waals surface area contributed by atoms with E-state index in [9.17, 15) is 4.79 Å². The second kappa shape index (κ2) is 6.85. The molecule has 1 heterocycles. The smallest absolute Gasteiger partial charge is 0.239 e. The standard InChI is InChI=1S/C11H19ClN2O/c1-10(13-7-5-6-12)11(15)14-8-3-2-4-9-14/h5-6,10,13H,2-4,7-9H2,1H3/b6-5+. The van der Waals surface area contributed by atoms with Crippen LogP contribution in [0.2, 0.25) is 0 Å². The molecule has 1 aliphatic heterocycles. The second-order valence-corrected chi connectivity index (χ2v) is 4.13. The van der Waals surface area contributed by atoms with Crippen molar-refractivity contribution in [2.24, 2.45) is 0 Å². The van der Waals surface area contributed by atoms with Crippen LogP contribution >= 0.6 is 11.6 Å². The van der Waals surface area contributed by atoms with E-state index in [-0.39, 0.29) is 11.9 Å². The monoisotopic (exact) mass is 230 g/mol. The zero-order valence-corrected chi connectivity index (χ0v) is 9.96. The van der Waals surface area contributed by atoms with Crippen molar-refractivity contribution >= 4 is 17.5 Å². The van der Waals surface area contributed by atoms with Gasteiger partial charge < -0.3 is 10.2 Å². The first-order valence-corrected chi connectivity index (χ1v) is 5.96. The van der Waals surface area contributed by atoms with E-state index in [0.29, 0.717) is 6.54 Å². The molecule has 1 N–H and O–H groups in total. The number of carbonyl (C=O) groups excluding carboxylic acids is 1. The lowest BCUT2D eigenvalue weighted by Gasteiger charge is -2.29. The number of hydrogen-bond acceptors (Lipinski definition) is 2. The van der Waals surface area contributed by atoms with E-state index in [2.05, 4.69) is 5.32 Å². The molecule has 1 amide bonds. The van der Waals surface area contributed by atoms with Crippen LogP contribution in [0.3, 0.4) is 0 Å². The van der Waals surface area contributed by atoms with Crippen LogP contribution in [0.4, 0.5) is 0 Å². The van der Waals surface area contributed by atoms with Gasteiger partial charge in [-0.15, -0.1) is 0 Å². The summed E-state index contributed by atoms with van der Waals surface area (Å²) >= 11 is 5.40. The summed E-state index contributed by atoms with van der Waals surface area (Å²) in [4.78, 5) is 13.8. The molecule has 0 radical (unpaired) electrons. The fraction of sp³-hybridized carbons (Fsp3) is 0.727. The Morgan fingerprint density at radius 1 is 1.47 bits per heavy atom. The van der Waals surface area contributed by atoms with Gasteiger partial charge in [-0.25, -0.2) is 0 Å². The van der Waals surface area contributed by atoms with Crippen molar-refractivity contribution < 1.29 is 4.79 Å². The molecule has 1 aliphatic rings. The maximum absolute atomic E-state index is 11.9. The van der Waals surface area contributed by atoms with Crippen LogP contribution in [0.5, 0.6) is 0 Å². The molecule has 1 saturated heterocycles. The highest BCUT2D eigenvalue weighted by atomic mass is 35.5. The maximum Gasteiger partial charge on any atom is 0.239 e. The molecule has 0 saturated carbocycles. The van der Waals surface area contributed by atoms with E-state index in [4.69, 9.17) is 11.6 Å². The van der Waals surface area contributed by atoms with Gasteiger partial charge in [-0.3, -0.25) is 4.79 Å². The minimum absolute atomic E-state index is 0.115. The van der Waals surface area contributed by atoms with Crippen molar-refractivity contribution in [3.63, 3.8) is 0 Å². The molecule has 0 aromatic rings. The summed E-state index contributed by atoms with van der Waals surface area (Å²) in [6.07, 6.45) is 5.32. The number of piperidine rings is 1. The van der Waals surface area contributed by atoms with Gasteiger partial charge >= 0.3 is 0 Å². The Bertz CT molecular complexity index is 225. The maximum atomic E-state index is 11.9. The Balaban J connectivity index is 2.30. The normalized spacial score (nSPS) is 19.5. The molecule has 86 valence electrons. The van der Waals surface area contributed by atoms with Gasteiger partial charge in [0.2, 0.25) is 5.91 Å². The van der Waals surface area contributed by atoms with Crippen LogP contribution < -0.4 is 5.32 Å². The van der Waals surface area contributed by atoms with Crippen LogP contribution in [0.15, 0.2) is 11.6 Å². The van der Waals surface area contributed by atoms with Crippen molar-refractivity contribution in [3.8, 4) is 0 Å². The molecule has 15 heavy (non-hydrogen) atoms. The Hall–Kier alpha value is -0.540. The zero-order valence-electron chi connectivity index (χ0n) is 9.21. The van der Waals surface area contributed by atoms with Crippen LogP contribution in [-0.4, -0.2) is 36.5 Å². The zero-order chi connectivity index (χ0) is 11.1. The van der Waals surface area contributed by atoms with Gasteiger partial charge in [0.15, 0.2) is 0 Å². The third kappa shape index (κ3) is 4.22. The molecule has 1 unspecified atom stereocenters. The quantitative estimate of drug-likeness (QED) is 0.798. The first-order chi connectivity index (χ1) is 7.25. The van der Waals surface area contributed by atoms with E-state index in [1.165, 1.54) is 12.0 Å². The Morgan fingerprint density at radius 3 is 2.73 bits per heavy atom. The van der Waals surface area contributed by atoms with Gasteiger partial charge in [0.1, 0.15) is 0 Å². The summed E-state index contributed by atoms with van der Waals surface area (Å²) in [7, 11) is 0. The van der Waals surface area contributed by atoms with E-state index in [0.717, 1.165) is 25.9 Å². The van der Waals surface area contributed by atoms with E-state index in [1.54, 1.807) is 6.08 Å². The molecule has 0 aromatic heterocycles. The van der Waals surface area contributed by atoms with Crippen LogP contribution in [-0.2, 0) is 4.79 Å². The lowest BCUT2D eigenvalue weighted by atomic mass is 10.1. The van der Waals surface area contributed by atoms with Crippen LogP contribution in [0, 0.1) is 0 Å². The van der Waals surface area contributed by atoms with Gasteiger partial charge in [-0.2, -0.15) is 0 Å². The van der Waals surface area contributed by atoms with Gasteiger partial charge in [-0.05, 0) is 26.2 Å². The Kier molecular flexibility index (Phi) is 5.73. The van der Waals surface area contributed by atoms with Gasteiger partial charge in [0.05, 0.1) is 6.04 Å². The predicted octanol–water partition coefficient (Wildman–Crippen LogP) is 1.73. The summed E-state index contributed by atoms with van der Waals surface area (Å²) in [6.45, 7) is 4.37. The summed E-state index contributed by atoms with van der Waals surface area (Å²) in [5.41, 5.74) is 1.46. The minimum Gasteiger partial charge on any atom is -0.341 e. The molecular formula is C11H19ClN2O. The molecule has 1 atom stereocenters. The summed E-state index contributed by atoms with van der Waals surface area (Å²) in [5.74, 6) is 0.206. The molecule has 0 aromatic carbocycles.